The number of hydrogen-bond acceptors (Lipinski definition) is 11. The van der Waals surface area contributed by atoms with E-state index in [9.17, 15) is 34.8 Å². The summed E-state index contributed by atoms with van der Waals surface area (Å²) in [6.45, 7) is 1.19. The molecule has 0 saturated carbocycles. The van der Waals surface area contributed by atoms with Crippen molar-refractivity contribution in [1.82, 2.24) is 24.2 Å². The molecule has 0 bridgehead atoms. The number of aryl methyl sites for hydroxylation is 2. The number of nitrogens with zero attached hydrogens (tertiary/aromatic N) is 7. The van der Waals surface area contributed by atoms with E-state index >= 15 is 0 Å². The number of halogens is 1. The molecular weight excluding hydrogens is 465 g/mol. The number of hydroxylamine groups is 2. The third-order valence-corrected chi connectivity index (χ3v) is 5.30. The maximum absolute atomic E-state index is 12.4. The van der Waals surface area contributed by atoms with Gasteiger partial charge >= 0.3 is 19.5 Å². The average molecular weight is 484 g/mol. The lowest BCUT2D eigenvalue weighted by Crippen LogP contribution is -2.30. The summed E-state index contributed by atoms with van der Waals surface area (Å²) in [4.78, 5) is 38.4. The Kier molecular flexibility index (Phi) is 8.19. The number of phosphoric acid groups is 1. The Morgan fingerprint density at radius 3 is 2.19 bits per heavy atom. The van der Waals surface area contributed by atoms with Crippen LogP contribution in [-0.2, 0) is 26.9 Å². The normalized spacial score (nSPS) is 14.5. The third-order valence-electron chi connectivity index (χ3n) is 3.96. The Hall–Kier alpha value is -2.46. The molecule has 0 spiro atoms. The molecular formula is C13H19ClN7O9P. The highest BCUT2D eigenvalue weighted by molar-refractivity contribution is 7.47. The first-order valence-electron chi connectivity index (χ1n) is 8.44. The van der Waals surface area contributed by atoms with Crippen molar-refractivity contribution >= 4 is 31.1 Å². The Morgan fingerprint density at radius 2 is 1.71 bits per heavy atom. The summed E-state index contributed by atoms with van der Waals surface area (Å²) in [5.41, 5.74) is 0. The molecule has 2 aromatic rings. The van der Waals surface area contributed by atoms with Crippen LogP contribution in [0.5, 0.6) is 0 Å². The first-order valence-corrected chi connectivity index (χ1v) is 10.5. The number of imidazole rings is 2. The van der Waals surface area contributed by atoms with Crippen molar-refractivity contribution in [2.45, 2.75) is 33.2 Å². The van der Waals surface area contributed by atoms with Crippen molar-refractivity contribution in [3.8, 4) is 0 Å². The number of alkyl halides is 1. The van der Waals surface area contributed by atoms with Crippen molar-refractivity contribution in [1.29, 1.82) is 0 Å². The quantitative estimate of drug-likeness (QED) is 0.143. The van der Waals surface area contributed by atoms with Crippen LogP contribution in [-0.4, -0.2) is 62.7 Å². The summed E-state index contributed by atoms with van der Waals surface area (Å²) in [5.74, 6) is -0.712. The van der Waals surface area contributed by atoms with Crippen molar-refractivity contribution in [3.05, 3.63) is 44.3 Å². The summed E-state index contributed by atoms with van der Waals surface area (Å²) >= 11 is 5.77. The molecule has 0 saturated heterocycles. The summed E-state index contributed by atoms with van der Waals surface area (Å²) in [5, 5.41) is 32.1. The lowest BCUT2D eigenvalue weighted by molar-refractivity contribution is -0.393. The molecule has 0 aliphatic heterocycles. The molecule has 2 heterocycles. The minimum absolute atomic E-state index is 0.184. The predicted molar refractivity (Wildman–Crippen MR) is 103 cm³/mol. The average Bonchev–Trinajstić information content (AvgIpc) is 3.23. The van der Waals surface area contributed by atoms with E-state index in [-0.39, 0.29) is 29.9 Å². The van der Waals surface area contributed by atoms with E-state index in [1.807, 2.05) is 0 Å². The zero-order valence-corrected chi connectivity index (χ0v) is 17.9. The second kappa shape index (κ2) is 10.2. The van der Waals surface area contributed by atoms with Gasteiger partial charge in [-0.15, -0.1) is 16.7 Å². The van der Waals surface area contributed by atoms with Crippen LogP contribution < -0.4 is 0 Å². The number of aromatic nitrogens is 4. The van der Waals surface area contributed by atoms with Gasteiger partial charge in [-0.05, 0) is 9.85 Å². The zero-order valence-electron chi connectivity index (χ0n) is 16.3. The molecule has 1 unspecified atom stereocenters. The molecule has 2 rings (SSSR count). The van der Waals surface area contributed by atoms with Gasteiger partial charge in [0.2, 0.25) is 0 Å². The first kappa shape index (κ1) is 24.8. The highest BCUT2D eigenvalue weighted by atomic mass is 35.5. The van der Waals surface area contributed by atoms with Crippen LogP contribution in [0.4, 0.5) is 11.6 Å². The van der Waals surface area contributed by atoms with Gasteiger partial charge < -0.3 is 30.2 Å². The van der Waals surface area contributed by atoms with E-state index < -0.39 is 43.0 Å². The van der Waals surface area contributed by atoms with Crippen LogP contribution in [0, 0.1) is 34.1 Å². The van der Waals surface area contributed by atoms with E-state index in [0.717, 1.165) is 21.5 Å². The SMILES string of the molecule is Cc1ncc([N+](=O)[O-])n1C[C@H](CCl)OP(=O)(O)ON(CO)Cn1c([N+](=O)[O-])cnc1C. The number of rotatable bonds is 12. The van der Waals surface area contributed by atoms with Crippen molar-refractivity contribution < 1.29 is 33.6 Å². The standard InChI is InChI=1S/C13H19ClN7O9P/c1-9-15-4-12(20(23)24)18(9)6-11(3-14)29-31(27,28)30-17(8-22)7-19-10(2)16-5-13(19)21(25)26/h4-5,11,22H,3,6-8H2,1-2H3,(H,27,28)/t11-/m0/s1. The second-order valence-corrected chi connectivity index (χ2v) is 7.70. The Morgan fingerprint density at radius 1 is 1.19 bits per heavy atom. The van der Waals surface area contributed by atoms with Crippen molar-refractivity contribution in [3.63, 3.8) is 0 Å². The minimum atomic E-state index is -4.91. The molecule has 0 amide bonds. The van der Waals surface area contributed by atoms with Gasteiger partial charge in [-0.25, -0.2) is 19.1 Å². The van der Waals surface area contributed by atoms with Crippen LogP contribution in [0.25, 0.3) is 0 Å². The first-order chi connectivity index (χ1) is 14.5. The molecule has 0 aliphatic carbocycles. The van der Waals surface area contributed by atoms with Gasteiger partial charge in [0.25, 0.3) is 0 Å². The lowest BCUT2D eigenvalue weighted by Gasteiger charge is -2.23. The summed E-state index contributed by atoms with van der Waals surface area (Å²) < 4.78 is 24.3. The Bertz CT molecular complexity index is 922. The largest absolute Gasteiger partial charge is 0.489 e. The number of aliphatic hydroxyl groups excluding tert-OH is 1. The van der Waals surface area contributed by atoms with Crippen LogP contribution >= 0.6 is 19.4 Å². The predicted octanol–water partition coefficient (Wildman–Crippen LogP) is 1.08. The van der Waals surface area contributed by atoms with E-state index in [0.29, 0.717) is 5.06 Å². The molecule has 18 heteroatoms. The number of hydrogen-bond donors (Lipinski definition) is 2. The highest BCUT2D eigenvalue weighted by Crippen LogP contribution is 2.46. The summed E-state index contributed by atoms with van der Waals surface area (Å²) in [7, 11) is -4.91. The van der Waals surface area contributed by atoms with Gasteiger partial charge in [0.15, 0.2) is 18.3 Å². The number of phosphoric ester groups is 1. The maximum Gasteiger partial charge on any atom is 0.489 e. The van der Waals surface area contributed by atoms with Crippen molar-refractivity contribution in [2.75, 3.05) is 12.6 Å². The van der Waals surface area contributed by atoms with Crippen LogP contribution in [0.2, 0.25) is 0 Å². The third kappa shape index (κ3) is 6.27. The molecule has 2 aromatic heterocycles. The van der Waals surface area contributed by atoms with Gasteiger partial charge in [-0.1, -0.05) is 0 Å². The van der Waals surface area contributed by atoms with E-state index in [4.69, 9.17) is 20.7 Å². The van der Waals surface area contributed by atoms with Crippen LogP contribution in [0.15, 0.2) is 12.4 Å². The summed E-state index contributed by atoms with van der Waals surface area (Å²) in [6, 6.07) is 0. The second-order valence-electron chi connectivity index (χ2n) is 6.08. The highest BCUT2D eigenvalue weighted by Gasteiger charge is 2.33. The van der Waals surface area contributed by atoms with Gasteiger partial charge in [-0.2, -0.15) is 9.19 Å². The lowest BCUT2D eigenvalue weighted by atomic mass is 10.4. The van der Waals surface area contributed by atoms with E-state index in [1.165, 1.54) is 13.8 Å². The molecule has 31 heavy (non-hydrogen) atoms. The Labute approximate surface area is 179 Å². The van der Waals surface area contributed by atoms with E-state index in [2.05, 4.69) is 9.97 Å². The molecule has 2 atom stereocenters. The summed E-state index contributed by atoms with van der Waals surface area (Å²) in [6.07, 6.45) is 0.779. The molecule has 0 aromatic carbocycles. The monoisotopic (exact) mass is 483 g/mol. The number of aliphatic hydroxyl groups is 1. The molecule has 2 N–H and O–H groups in total. The fraction of sp³-hybridized carbons (Fsp3) is 0.538. The van der Waals surface area contributed by atoms with Gasteiger partial charge in [0.1, 0.15) is 31.8 Å². The molecule has 0 radical (unpaired) electrons. The Balaban J connectivity index is 2.12. The molecule has 0 fully saturated rings. The van der Waals surface area contributed by atoms with Crippen LogP contribution in [0.1, 0.15) is 11.6 Å². The van der Waals surface area contributed by atoms with Crippen LogP contribution in [0.3, 0.4) is 0 Å². The number of nitro groups is 2. The molecule has 172 valence electrons. The smallest absolute Gasteiger partial charge is 0.379 e. The molecule has 0 aliphatic rings. The fourth-order valence-corrected chi connectivity index (χ4v) is 3.73. The zero-order chi connectivity index (χ0) is 23.3. The van der Waals surface area contributed by atoms with Gasteiger partial charge in [0.05, 0.1) is 5.88 Å². The fourth-order valence-electron chi connectivity index (χ4n) is 2.53. The van der Waals surface area contributed by atoms with Gasteiger partial charge in [0, 0.05) is 13.8 Å². The maximum atomic E-state index is 12.4. The minimum Gasteiger partial charge on any atom is -0.379 e. The van der Waals surface area contributed by atoms with Crippen molar-refractivity contribution in [2.24, 2.45) is 0 Å². The molecule has 16 nitrogen and oxygen atoms in total. The van der Waals surface area contributed by atoms with E-state index in [1.54, 1.807) is 0 Å². The van der Waals surface area contributed by atoms with Gasteiger partial charge in [-0.3, -0.25) is 4.52 Å². The topological polar surface area (TPSA) is 201 Å².